The molecule has 0 aromatic carbocycles. The first-order valence-corrected chi connectivity index (χ1v) is 4.51. The van der Waals surface area contributed by atoms with Crippen LogP contribution in [-0.2, 0) is 0 Å². The lowest BCUT2D eigenvalue weighted by Crippen LogP contribution is -2.16. The highest BCUT2D eigenvalue weighted by Crippen LogP contribution is 2.52. The predicted molar refractivity (Wildman–Crippen MR) is 37.1 cm³/mol. The molecule has 3 fully saturated rings. The molecule has 1 aliphatic carbocycles. The Labute approximate surface area is 56.2 Å². The van der Waals surface area contributed by atoms with Crippen molar-refractivity contribution in [3.05, 3.63) is 0 Å². The molecule has 0 aromatic heterocycles. The van der Waals surface area contributed by atoms with Crippen LogP contribution in [0.3, 0.4) is 0 Å². The quantitative estimate of drug-likeness (QED) is 0.512. The minimum absolute atomic E-state index is 0.863. The molecule has 2 bridgehead atoms. The highest BCUT2D eigenvalue weighted by atomic mass is 79.9. The second-order valence-electron chi connectivity index (χ2n) is 2.28. The Morgan fingerprint density at radius 2 is 2.14 bits per heavy atom. The summed E-state index contributed by atoms with van der Waals surface area (Å²) < 4.78 is 0. The van der Waals surface area contributed by atoms with Gasteiger partial charge >= 0.3 is 0 Å². The fourth-order valence-corrected chi connectivity index (χ4v) is 3.97. The van der Waals surface area contributed by atoms with E-state index in [9.17, 15) is 0 Å². The molecule has 40 valence electrons. The fourth-order valence-electron chi connectivity index (χ4n) is 1.28. The average molecular weight is 179 g/mol. The van der Waals surface area contributed by atoms with Crippen molar-refractivity contribution in [2.24, 2.45) is 0 Å². The van der Waals surface area contributed by atoms with E-state index in [-0.39, 0.29) is 0 Å². The van der Waals surface area contributed by atoms with Gasteiger partial charge in [0.05, 0.1) is 0 Å². The third kappa shape index (κ3) is 0.563. The van der Waals surface area contributed by atoms with Gasteiger partial charge in [0.2, 0.25) is 0 Å². The van der Waals surface area contributed by atoms with Crippen molar-refractivity contribution in [3.8, 4) is 0 Å². The Bertz CT molecular complexity index is 88.1. The number of halogens is 1. The Balaban J connectivity index is 2.13. The first kappa shape index (κ1) is 4.68. The number of alkyl halides is 1. The second-order valence-corrected chi connectivity index (χ2v) is 5.00. The maximum absolute atomic E-state index is 3.62. The second kappa shape index (κ2) is 1.41. The summed E-state index contributed by atoms with van der Waals surface area (Å²) in [7, 11) is 0. The molecular weight excluding hydrogens is 172 g/mol. The van der Waals surface area contributed by atoms with Crippen molar-refractivity contribution in [3.63, 3.8) is 0 Å². The van der Waals surface area contributed by atoms with Gasteiger partial charge in [-0.3, -0.25) is 0 Å². The highest BCUT2D eigenvalue weighted by molar-refractivity contribution is 9.09. The molecule has 2 aliphatic heterocycles. The van der Waals surface area contributed by atoms with Gasteiger partial charge in [0.25, 0.3) is 0 Å². The first-order valence-electron chi connectivity index (χ1n) is 2.66. The van der Waals surface area contributed by atoms with Gasteiger partial charge in [-0.15, -0.1) is 0 Å². The monoisotopic (exact) mass is 178 g/mol. The fraction of sp³-hybridized carbons (Fsp3) is 1.00. The molecule has 0 nitrogen and oxygen atoms in total. The number of thioether (sulfide) groups is 1. The van der Waals surface area contributed by atoms with E-state index in [1.165, 1.54) is 12.8 Å². The van der Waals surface area contributed by atoms with Gasteiger partial charge in [-0.1, -0.05) is 15.9 Å². The topological polar surface area (TPSA) is 0 Å². The largest absolute Gasteiger partial charge is 0.154 e. The van der Waals surface area contributed by atoms with Crippen LogP contribution in [0.4, 0.5) is 0 Å². The molecular formula is C5H7BrS. The van der Waals surface area contributed by atoms with E-state index in [1.54, 1.807) is 0 Å². The summed E-state index contributed by atoms with van der Waals surface area (Å²) in [6.45, 7) is 0. The third-order valence-corrected chi connectivity index (χ3v) is 4.76. The zero-order valence-electron chi connectivity index (χ0n) is 3.93. The lowest BCUT2D eigenvalue weighted by Gasteiger charge is -2.21. The van der Waals surface area contributed by atoms with Crippen molar-refractivity contribution >= 4 is 27.7 Å². The van der Waals surface area contributed by atoms with Crippen LogP contribution >= 0.6 is 27.7 Å². The van der Waals surface area contributed by atoms with Gasteiger partial charge in [0.1, 0.15) is 0 Å². The summed E-state index contributed by atoms with van der Waals surface area (Å²) in [6.07, 6.45) is 2.91. The van der Waals surface area contributed by atoms with E-state index >= 15 is 0 Å². The lowest BCUT2D eigenvalue weighted by molar-refractivity contribution is 0.852. The lowest BCUT2D eigenvalue weighted by atomic mass is 10.3. The normalized spacial score (nSPS) is 57.0. The number of hydrogen-bond acceptors (Lipinski definition) is 1. The molecule has 7 heavy (non-hydrogen) atoms. The SMILES string of the molecule is Br[C@@H]1C[C@H]2C[C@@H]1S2. The van der Waals surface area contributed by atoms with Gasteiger partial charge < -0.3 is 0 Å². The minimum Gasteiger partial charge on any atom is -0.154 e. The zero-order valence-corrected chi connectivity index (χ0v) is 6.33. The summed E-state index contributed by atoms with van der Waals surface area (Å²) in [5, 5.41) is 2.03. The van der Waals surface area contributed by atoms with Crippen LogP contribution in [0.2, 0.25) is 0 Å². The Morgan fingerprint density at radius 3 is 2.29 bits per heavy atom. The molecule has 0 amide bonds. The molecule has 0 N–H and O–H groups in total. The van der Waals surface area contributed by atoms with Crippen LogP contribution in [0.5, 0.6) is 0 Å². The van der Waals surface area contributed by atoms with E-state index in [2.05, 4.69) is 27.7 Å². The maximum atomic E-state index is 3.62. The molecule has 2 heterocycles. The van der Waals surface area contributed by atoms with E-state index in [1.807, 2.05) is 0 Å². The Morgan fingerprint density at radius 1 is 1.43 bits per heavy atom. The van der Waals surface area contributed by atoms with Crippen LogP contribution in [0.15, 0.2) is 0 Å². The summed E-state index contributed by atoms with van der Waals surface area (Å²) >= 11 is 5.78. The molecule has 0 spiro atoms. The summed E-state index contributed by atoms with van der Waals surface area (Å²) in [5.74, 6) is 0. The zero-order chi connectivity index (χ0) is 4.85. The minimum atomic E-state index is 0.863. The average Bonchev–Trinajstić information content (AvgIpc) is 1.85. The van der Waals surface area contributed by atoms with Gasteiger partial charge in [-0.05, 0) is 12.8 Å². The third-order valence-electron chi connectivity index (χ3n) is 1.75. The number of fused-ring (bicyclic) bond motifs is 1. The van der Waals surface area contributed by atoms with E-state index in [4.69, 9.17) is 0 Å². The van der Waals surface area contributed by atoms with Gasteiger partial charge in [0.15, 0.2) is 0 Å². The van der Waals surface area contributed by atoms with Crippen molar-refractivity contribution in [2.45, 2.75) is 28.2 Å². The van der Waals surface area contributed by atoms with E-state index in [0.717, 1.165) is 15.3 Å². The molecule has 3 atom stereocenters. The first-order chi connectivity index (χ1) is 3.36. The molecule has 3 rings (SSSR count). The summed E-state index contributed by atoms with van der Waals surface area (Å²) in [4.78, 5) is 0.863. The van der Waals surface area contributed by atoms with Crippen LogP contribution < -0.4 is 0 Å². The van der Waals surface area contributed by atoms with E-state index < -0.39 is 0 Å². The van der Waals surface area contributed by atoms with E-state index in [0.29, 0.717) is 0 Å². The van der Waals surface area contributed by atoms with Crippen molar-refractivity contribution in [1.29, 1.82) is 0 Å². The highest BCUT2D eigenvalue weighted by Gasteiger charge is 2.43. The maximum Gasteiger partial charge on any atom is 0.0275 e. The van der Waals surface area contributed by atoms with Gasteiger partial charge in [0, 0.05) is 15.3 Å². The smallest absolute Gasteiger partial charge is 0.0275 e. The van der Waals surface area contributed by atoms with Gasteiger partial charge in [-0.2, -0.15) is 11.8 Å². The van der Waals surface area contributed by atoms with Crippen LogP contribution in [0.25, 0.3) is 0 Å². The number of rotatable bonds is 0. The molecule has 2 heteroatoms. The van der Waals surface area contributed by atoms with Crippen LogP contribution in [-0.4, -0.2) is 15.3 Å². The van der Waals surface area contributed by atoms with Crippen molar-refractivity contribution in [1.82, 2.24) is 0 Å². The van der Waals surface area contributed by atoms with Crippen molar-refractivity contribution in [2.75, 3.05) is 0 Å². The van der Waals surface area contributed by atoms with Crippen molar-refractivity contribution < 1.29 is 0 Å². The molecule has 0 unspecified atom stereocenters. The molecule has 1 saturated carbocycles. The van der Waals surface area contributed by atoms with Gasteiger partial charge in [-0.25, -0.2) is 0 Å². The summed E-state index contributed by atoms with van der Waals surface area (Å²) in [5.41, 5.74) is 0. The van der Waals surface area contributed by atoms with Crippen LogP contribution in [0, 0.1) is 0 Å². The molecule has 0 radical (unpaired) electrons. The number of hydrogen-bond donors (Lipinski definition) is 0. The predicted octanol–water partition coefficient (Wildman–Crippen LogP) is 2.03. The standard InChI is InChI=1S/C5H7BrS/c6-4-1-3-2-5(4)7-3/h3-5H,1-2H2/t3-,4+,5-/m0/s1. The van der Waals surface area contributed by atoms with Crippen LogP contribution in [0.1, 0.15) is 12.8 Å². The summed E-state index contributed by atoms with van der Waals surface area (Å²) in [6, 6.07) is 0. The molecule has 0 aromatic rings. The Kier molecular flexibility index (Phi) is 0.944. The molecule has 3 aliphatic rings. The molecule has 2 saturated heterocycles. The Hall–Kier alpha value is 0.830.